The molecule has 2 N–H and O–H groups in total. The molecular formula is C13H18N2O3S. The third kappa shape index (κ3) is 2.48. The molecule has 0 saturated carbocycles. The molecule has 0 aliphatic carbocycles. The Morgan fingerprint density at radius 3 is 2.89 bits per heavy atom. The minimum Gasteiger partial charge on any atom is -0.508 e. The smallest absolute Gasteiger partial charge is 0.241 e. The lowest BCUT2D eigenvalue weighted by Crippen LogP contribution is -2.42. The lowest BCUT2D eigenvalue weighted by atomic mass is 10.1. The van der Waals surface area contributed by atoms with E-state index in [0.717, 1.165) is 32.4 Å². The van der Waals surface area contributed by atoms with Crippen LogP contribution in [0.5, 0.6) is 5.75 Å². The van der Waals surface area contributed by atoms with Gasteiger partial charge in [-0.3, -0.25) is 4.90 Å². The number of sulfonamides is 1. The standard InChI is InChI=1S/C13H18N2O3S/c16-10-3-1-4-11(9-10)19(17,18)14-12-6-8-15-7-2-5-13(12)15/h1,3-4,9,12-14,16H,2,5-8H2. The third-order valence-corrected chi connectivity index (χ3v) is 5.53. The van der Waals surface area contributed by atoms with E-state index in [1.54, 1.807) is 6.07 Å². The van der Waals surface area contributed by atoms with Gasteiger partial charge >= 0.3 is 0 Å². The molecule has 2 unspecified atom stereocenters. The number of nitrogens with one attached hydrogen (secondary N) is 1. The first-order valence-electron chi connectivity index (χ1n) is 6.62. The van der Waals surface area contributed by atoms with Gasteiger partial charge in [-0.15, -0.1) is 0 Å². The average molecular weight is 282 g/mol. The van der Waals surface area contributed by atoms with Crippen LogP contribution in [0.3, 0.4) is 0 Å². The molecule has 19 heavy (non-hydrogen) atoms. The first kappa shape index (κ1) is 12.9. The average Bonchev–Trinajstić information content (AvgIpc) is 2.94. The first-order chi connectivity index (χ1) is 9.06. The van der Waals surface area contributed by atoms with Gasteiger partial charge in [0.1, 0.15) is 5.75 Å². The van der Waals surface area contributed by atoms with Crippen molar-refractivity contribution in [2.75, 3.05) is 13.1 Å². The molecule has 0 amide bonds. The van der Waals surface area contributed by atoms with E-state index in [1.165, 1.54) is 18.2 Å². The van der Waals surface area contributed by atoms with E-state index < -0.39 is 10.0 Å². The second kappa shape index (κ2) is 4.77. The van der Waals surface area contributed by atoms with E-state index in [-0.39, 0.29) is 16.7 Å². The maximum atomic E-state index is 12.3. The van der Waals surface area contributed by atoms with Crippen molar-refractivity contribution in [3.63, 3.8) is 0 Å². The molecule has 2 fully saturated rings. The molecule has 0 aromatic heterocycles. The number of rotatable bonds is 3. The van der Waals surface area contributed by atoms with Gasteiger partial charge in [-0.05, 0) is 44.0 Å². The topological polar surface area (TPSA) is 69.6 Å². The first-order valence-corrected chi connectivity index (χ1v) is 8.10. The van der Waals surface area contributed by atoms with E-state index in [1.807, 2.05) is 0 Å². The van der Waals surface area contributed by atoms with E-state index in [9.17, 15) is 13.5 Å². The maximum Gasteiger partial charge on any atom is 0.241 e. The Morgan fingerprint density at radius 1 is 1.26 bits per heavy atom. The van der Waals surface area contributed by atoms with Crippen molar-refractivity contribution in [3.8, 4) is 5.75 Å². The van der Waals surface area contributed by atoms with E-state index in [0.29, 0.717) is 6.04 Å². The predicted octanol–water partition coefficient (Wildman–Crippen LogP) is 0.907. The van der Waals surface area contributed by atoms with Crippen LogP contribution in [0.25, 0.3) is 0 Å². The SMILES string of the molecule is O=S(=O)(NC1CCN2CCCC12)c1cccc(O)c1. The van der Waals surface area contributed by atoms with Gasteiger partial charge in [-0.25, -0.2) is 13.1 Å². The molecule has 0 radical (unpaired) electrons. The van der Waals surface area contributed by atoms with Gasteiger partial charge < -0.3 is 5.11 Å². The monoisotopic (exact) mass is 282 g/mol. The summed E-state index contributed by atoms with van der Waals surface area (Å²) in [4.78, 5) is 2.49. The molecule has 2 aliphatic rings. The zero-order valence-electron chi connectivity index (χ0n) is 10.6. The van der Waals surface area contributed by atoms with E-state index in [2.05, 4.69) is 9.62 Å². The number of aromatic hydroxyl groups is 1. The lowest BCUT2D eigenvalue weighted by molar-refractivity contribution is 0.309. The quantitative estimate of drug-likeness (QED) is 0.864. The third-order valence-electron chi connectivity index (χ3n) is 4.04. The summed E-state index contributed by atoms with van der Waals surface area (Å²) in [5.74, 6) is -0.0308. The lowest BCUT2D eigenvalue weighted by Gasteiger charge is -2.21. The fourth-order valence-corrected chi connectivity index (χ4v) is 4.48. The molecule has 5 nitrogen and oxygen atoms in total. The van der Waals surface area contributed by atoms with Crippen molar-refractivity contribution in [3.05, 3.63) is 24.3 Å². The number of hydrogen-bond donors (Lipinski definition) is 2. The van der Waals surface area contributed by atoms with Crippen molar-refractivity contribution in [1.82, 2.24) is 9.62 Å². The number of phenolic OH excluding ortho intramolecular Hbond substituents is 1. The molecule has 2 saturated heterocycles. The van der Waals surface area contributed by atoms with Crippen LogP contribution in [-0.4, -0.2) is 43.6 Å². The van der Waals surface area contributed by atoms with Gasteiger partial charge in [0, 0.05) is 18.6 Å². The number of nitrogens with zero attached hydrogens (tertiary/aromatic N) is 1. The van der Waals surface area contributed by atoms with Crippen LogP contribution in [0.2, 0.25) is 0 Å². The zero-order valence-corrected chi connectivity index (χ0v) is 11.4. The van der Waals surface area contributed by atoms with E-state index in [4.69, 9.17) is 0 Å². The van der Waals surface area contributed by atoms with Crippen molar-refractivity contribution in [2.45, 2.75) is 36.2 Å². The van der Waals surface area contributed by atoms with Crippen LogP contribution in [-0.2, 0) is 10.0 Å². The molecular weight excluding hydrogens is 264 g/mol. The Kier molecular flexibility index (Phi) is 3.24. The fraction of sp³-hybridized carbons (Fsp3) is 0.538. The zero-order chi connectivity index (χ0) is 13.5. The minimum atomic E-state index is -3.54. The van der Waals surface area contributed by atoms with Gasteiger partial charge in [0.25, 0.3) is 0 Å². The van der Waals surface area contributed by atoms with Crippen LogP contribution in [0.15, 0.2) is 29.2 Å². The Morgan fingerprint density at radius 2 is 2.11 bits per heavy atom. The highest BCUT2D eigenvalue weighted by atomic mass is 32.2. The summed E-state index contributed by atoms with van der Waals surface area (Å²) in [7, 11) is -3.54. The number of fused-ring (bicyclic) bond motifs is 1. The van der Waals surface area contributed by atoms with E-state index >= 15 is 0 Å². The molecule has 1 aromatic carbocycles. The van der Waals surface area contributed by atoms with Crippen molar-refractivity contribution in [1.29, 1.82) is 0 Å². The minimum absolute atomic E-state index is 0.00477. The molecule has 0 spiro atoms. The largest absolute Gasteiger partial charge is 0.508 e. The molecule has 1 aromatic rings. The normalized spacial score (nSPS) is 27.6. The second-order valence-corrected chi connectivity index (χ2v) is 6.97. The maximum absolute atomic E-state index is 12.3. The van der Waals surface area contributed by atoms with Crippen LogP contribution in [0, 0.1) is 0 Å². The summed E-state index contributed by atoms with van der Waals surface area (Å²) >= 11 is 0. The highest BCUT2D eigenvalue weighted by molar-refractivity contribution is 7.89. The molecule has 3 rings (SSSR count). The Labute approximate surface area is 113 Å². The molecule has 2 atom stereocenters. The van der Waals surface area contributed by atoms with Crippen LogP contribution in [0.1, 0.15) is 19.3 Å². The summed E-state index contributed by atoms with van der Waals surface area (Å²) in [5, 5.41) is 9.39. The van der Waals surface area contributed by atoms with Crippen molar-refractivity contribution < 1.29 is 13.5 Å². The molecule has 0 bridgehead atoms. The highest BCUT2D eigenvalue weighted by Crippen LogP contribution is 2.29. The van der Waals surface area contributed by atoms with Crippen LogP contribution in [0.4, 0.5) is 0 Å². The number of hydrogen-bond acceptors (Lipinski definition) is 4. The molecule has 2 heterocycles. The summed E-state index contributed by atoms with van der Waals surface area (Å²) in [6.07, 6.45) is 3.07. The molecule has 104 valence electrons. The van der Waals surface area contributed by atoms with Gasteiger partial charge in [0.05, 0.1) is 4.90 Å². The summed E-state index contributed by atoms with van der Waals surface area (Å²) < 4.78 is 27.4. The van der Waals surface area contributed by atoms with Crippen LogP contribution >= 0.6 is 0 Å². The Balaban J connectivity index is 1.79. The molecule has 2 aliphatic heterocycles. The molecule has 6 heteroatoms. The van der Waals surface area contributed by atoms with Gasteiger partial charge in [-0.2, -0.15) is 0 Å². The van der Waals surface area contributed by atoms with Crippen molar-refractivity contribution in [2.24, 2.45) is 0 Å². The summed E-state index contributed by atoms with van der Waals surface area (Å²) in [6, 6.07) is 6.13. The summed E-state index contributed by atoms with van der Waals surface area (Å²) in [6.45, 7) is 2.05. The van der Waals surface area contributed by atoms with Crippen LogP contribution < -0.4 is 4.72 Å². The highest BCUT2D eigenvalue weighted by Gasteiger charge is 2.39. The summed E-state index contributed by atoms with van der Waals surface area (Å²) in [5.41, 5.74) is 0. The second-order valence-electron chi connectivity index (χ2n) is 5.26. The number of phenols is 1. The fourth-order valence-electron chi connectivity index (χ4n) is 3.14. The Bertz CT molecular complexity index is 573. The van der Waals surface area contributed by atoms with Gasteiger partial charge in [-0.1, -0.05) is 6.07 Å². The predicted molar refractivity (Wildman–Crippen MR) is 71.4 cm³/mol. The van der Waals surface area contributed by atoms with Gasteiger partial charge in [0.15, 0.2) is 0 Å². The van der Waals surface area contributed by atoms with Crippen molar-refractivity contribution >= 4 is 10.0 Å². The van der Waals surface area contributed by atoms with Gasteiger partial charge in [0.2, 0.25) is 10.0 Å². The number of benzene rings is 1. The Hall–Kier alpha value is -1.11.